The van der Waals surface area contributed by atoms with E-state index in [1.54, 1.807) is 11.8 Å². The summed E-state index contributed by atoms with van der Waals surface area (Å²) in [5, 5.41) is 1.22. The third-order valence-corrected chi connectivity index (χ3v) is 12.9. The number of thioether (sulfide) groups is 1. The second kappa shape index (κ2) is 28.1. The van der Waals surface area contributed by atoms with Crippen molar-refractivity contribution in [1.29, 1.82) is 0 Å². The number of nitrogens with zero attached hydrogens (tertiary/aromatic N) is 4. The number of hydrogen-bond acceptors (Lipinski definition) is 9. The highest BCUT2D eigenvalue weighted by Crippen LogP contribution is 2.30. The van der Waals surface area contributed by atoms with Crippen molar-refractivity contribution in [2.75, 3.05) is 38.6 Å². The van der Waals surface area contributed by atoms with Gasteiger partial charge in [0.15, 0.2) is 5.16 Å². The monoisotopic (exact) mass is 684 g/mol. The Hall–Kier alpha value is -0.783. The molecule has 0 amide bonds. The van der Waals surface area contributed by atoms with Crippen LogP contribution in [-0.4, -0.2) is 72.9 Å². The molecule has 0 aliphatic heterocycles. The number of nitrogens with two attached hydrogens (primary N) is 1. The Bertz CT molecular complexity index is 823. The van der Waals surface area contributed by atoms with Gasteiger partial charge in [0, 0.05) is 43.6 Å². The standard InChI is InChI=1S/C36H73N5O3SSi/c1-8-14-17-19-21-23-28-41(29-24-22-20-18-15-9-2)32(7)31-33(26-16-10-3)45-36-39-34(38-35(37)40-36)27-25-30-46(42-11-4,43-12-5)44-13-6/h32-33H,8-31H2,1-7H3,(H2,37,38,39,40). The molecule has 0 saturated carbocycles. The smallest absolute Gasteiger partial charge is 0.374 e. The summed E-state index contributed by atoms with van der Waals surface area (Å²) in [6, 6.07) is 1.27. The summed E-state index contributed by atoms with van der Waals surface area (Å²) in [5.41, 5.74) is 6.23. The summed E-state index contributed by atoms with van der Waals surface area (Å²) in [7, 11) is -2.70. The van der Waals surface area contributed by atoms with Gasteiger partial charge in [-0.05, 0) is 72.9 Å². The summed E-state index contributed by atoms with van der Waals surface area (Å²) in [5.74, 6) is 1.06. The molecule has 1 aromatic heterocycles. The predicted octanol–water partition coefficient (Wildman–Crippen LogP) is 9.89. The van der Waals surface area contributed by atoms with Crippen LogP contribution in [0.2, 0.25) is 6.04 Å². The number of hydrogen-bond donors (Lipinski definition) is 1. The van der Waals surface area contributed by atoms with E-state index in [1.807, 2.05) is 20.8 Å². The maximum atomic E-state index is 6.23. The van der Waals surface area contributed by atoms with Crippen LogP contribution in [0, 0.1) is 0 Å². The molecular formula is C36H73N5O3SSi. The molecule has 0 radical (unpaired) electrons. The van der Waals surface area contributed by atoms with Crippen molar-refractivity contribution >= 4 is 26.5 Å². The zero-order valence-electron chi connectivity index (χ0n) is 31.1. The number of rotatable bonds is 32. The third kappa shape index (κ3) is 19.9. The highest BCUT2D eigenvalue weighted by Gasteiger charge is 2.39. The van der Waals surface area contributed by atoms with E-state index >= 15 is 0 Å². The Morgan fingerprint density at radius 2 is 1.20 bits per heavy atom. The number of aryl methyl sites for hydroxylation is 1. The van der Waals surface area contributed by atoms with E-state index in [0.717, 1.165) is 29.9 Å². The first-order valence-corrected chi connectivity index (χ1v) is 22.0. The topological polar surface area (TPSA) is 95.6 Å². The molecule has 46 heavy (non-hydrogen) atoms. The maximum Gasteiger partial charge on any atom is 0.500 e. The first-order valence-electron chi connectivity index (χ1n) is 19.2. The van der Waals surface area contributed by atoms with Crippen molar-refractivity contribution < 1.29 is 13.3 Å². The molecule has 8 nitrogen and oxygen atoms in total. The fourth-order valence-electron chi connectivity index (χ4n) is 6.12. The molecule has 1 heterocycles. The lowest BCUT2D eigenvalue weighted by Gasteiger charge is -2.32. The minimum atomic E-state index is -2.70. The number of nitrogen functional groups attached to an aromatic ring is 1. The zero-order valence-corrected chi connectivity index (χ0v) is 32.9. The van der Waals surface area contributed by atoms with Gasteiger partial charge < -0.3 is 23.9 Å². The summed E-state index contributed by atoms with van der Waals surface area (Å²) < 4.78 is 18.1. The van der Waals surface area contributed by atoms with Crippen LogP contribution in [0.25, 0.3) is 0 Å². The molecule has 2 atom stereocenters. The highest BCUT2D eigenvalue weighted by molar-refractivity contribution is 7.99. The Morgan fingerprint density at radius 3 is 1.72 bits per heavy atom. The summed E-state index contributed by atoms with van der Waals surface area (Å²) in [4.78, 5) is 16.8. The molecule has 0 saturated heterocycles. The van der Waals surface area contributed by atoms with Crippen LogP contribution >= 0.6 is 11.8 Å². The van der Waals surface area contributed by atoms with Crippen LogP contribution in [0.5, 0.6) is 0 Å². The van der Waals surface area contributed by atoms with Crippen molar-refractivity contribution in [3.63, 3.8) is 0 Å². The minimum Gasteiger partial charge on any atom is -0.374 e. The normalized spacial score (nSPS) is 13.5. The lowest BCUT2D eigenvalue weighted by atomic mass is 10.0. The van der Waals surface area contributed by atoms with Crippen LogP contribution in [-0.2, 0) is 19.7 Å². The zero-order chi connectivity index (χ0) is 33.9. The van der Waals surface area contributed by atoms with E-state index in [-0.39, 0.29) is 0 Å². The van der Waals surface area contributed by atoms with Crippen molar-refractivity contribution in [2.24, 2.45) is 0 Å². The van der Waals surface area contributed by atoms with Crippen molar-refractivity contribution in [3.8, 4) is 0 Å². The second-order valence-electron chi connectivity index (χ2n) is 12.8. The Balaban J connectivity index is 2.90. The lowest BCUT2D eigenvalue weighted by molar-refractivity contribution is 0.0708. The highest BCUT2D eigenvalue weighted by atomic mass is 32.2. The van der Waals surface area contributed by atoms with Gasteiger partial charge in [0.2, 0.25) is 5.95 Å². The molecule has 270 valence electrons. The number of aromatic nitrogens is 3. The van der Waals surface area contributed by atoms with E-state index in [0.29, 0.717) is 43.5 Å². The van der Waals surface area contributed by atoms with Gasteiger partial charge in [-0.2, -0.15) is 9.97 Å². The van der Waals surface area contributed by atoms with E-state index in [4.69, 9.17) is 24.0 Å². The number of anilines is 1. The van der Waals surface area contributed by atoms with E-state index in [2.05, 4.69) is 42.6 Å². The van der Waals surface area contributed by atoms with E-state index < -0.39 is 8.80 Å². The average Bonchev–Trinajstić information content (AvgIpc) is 3.02. The van der Waals surface area contributed by atoms with Crippen molar-refractivity contribution in [2.45, 2.75) is 187 Å². The van der Waals surface area contributed by atoms with Crippen LogP contribution < -0.4 is 5.73 Å². The fraction of sp³-hybridized carbons (Fsp3) is 0.917. The molecule has 0 bridgehead atoms. The maximum absolute atomic E-state index is 6.23. The van der Waals surface area contributed by atoms with Crippen LogP contribution in [0.1, 0.15) is 163 Å². The Kier molecular flexibility index (Phi) is 26.4. The van der Waals surface area contributed by atoms with Crippen molar-refractivity contribution in [3.05, 3.63) is 5.82 Å². The molecule has 1 aromatic rings. The average molecular weight is 684 g/mol. The molecule has 0 spiro atoms. The molecule has 0 aliphatic carbocycles. The largest absolute Gasteiger partial charge is 0.500 e. The van der Waals surface area contributed by atoms with E-state index in [9.17, 15) is 0 Å². The molecule has 0 aliphatic rings. The van der Waals surface area contributed by atoms with Gasteiger partial charge in [-0.1, -0.05) is 110 Å². The van der Waals surface area contributed by atoms with Gasteiger partial charge in [-0.25, -0.2) is 4.98 Å². The first kappa shape index (κ1) is 43.2. The molecule has 2 N–H and O–H groups in total. The quantitative estimate of drug-likeness (QED) is 0.0452. The first-order chi connectivity index (χ1) is 22.4. The molecule has 10 heteroatoms. The van der Waals surface area contributed by atoms with E-state index in [1.165, 1.54) is 109 Å². The lowest BCUT2D eigenvalue weighted by Crippen LogP contribution is -2.46. The van der Waals surface area contributed by atoms with Gasteiger partial charge in [-0.3, -0.25) is 0 Å². The van der Waals surface area contributed by atoms with Gasteiger partial charge >= 0.3 is 8.80 Å². The Morgan fingerprint density at radius 1 is 0.674 bits per heavy atom. The fourth-order valence-corrected chi connectivity index (χ4v) is 10.00. The SMILES string of the molecule is CCCCCCCCN(CCCCCCCC)C(C)CC(CCCC)Sc1nc(N)nc(CCC[Si](OCC)(OCC)OCC)n1. The van der Waals surface area contributed by atoms with Crippen LogP contribution in [0.4, 0.5) is 5.95 Å². The molecule has 0 aromatic carbocycles. The Labute approximate surface area is 289 Å². The van der Waals surface area contributed by atoms with Gasteiger partial charge in [-0.15, -0.1) is 0 Å². The molecule has 1 rings (SSSR count). The molecule has 2 unspecified atom stereocenters. The summed E-state index contributed by atoms with van der Waals surface area (Å²) in [6.07, 6.45) is 22.4. The molecule has 0 fully saturated rings. The van der Waals surface area contributed by atoms with Gasteiger partial charge in [0.05, 0.1) is 0 Å². The third-order valence-electron chi connectivity index (χ3n) is 8.63. The van der Waals surface area contributed by atoms with Gasteiger partial charge in [0.1, 0.15) is 5.82 Å². The predicted molar refractivity (Wildman–Crippen MR) is 200 cm³/mol. The van der Waals surface area contributed by atoms with Crippen LogP contribution in [0.3, 0.4) is 0 Å². The second-order valence-corrected chi connectivity index (χ2v) is 16.8. The summed E-state index contributed by atoms with van der Waals surface area (Å²) >= 11 is 1.81. The summed E-state index contributed by atoms with van der Waals surface area (Å²) in [6.45, 7) is 19.5. The van der Waals surface area contributed by atoms with Crippen molar-refractivity contribution in [1.82, 2.24) is 19.9 Å². The minimum absolute atomic E-state index is 0.311. The van der Waals surface area contributed by atoms with Gasteiger partial charge in [0.25, 0.3) is 0 Å². The molecular weight excluding hydrogens is 611 g/mol. The van der Waals surface area contributed by atoms with Crippen LogP contribution in [0.15, 0.2) is 5.16 Å². The number of unbranched alkanes of at least 4 members (excludes halogenated alkanes) is 11.